The van der Waals surface area contributed by atoms with Crippen molar-refractivity contribution in [3.05, 3.63) is 113 Å². The number of rotatable bonds is 4. The van der Waals surface area contributed by atoms with Crippen LogP contribution in [0.4, 0.5) is 48.3 Å². The van der Waals surface area contributed by atoms with Crippen molar-refractivity contribution in [1.82, 2.24) is 0 Å². The number of benzene rings is 4. The molecule has 0 aromatic heterocycles. The second kappa shape index (κ2) is 10.2. The Morgan fingerprint density at radius 2 is 1.00 bits per heavy atom. The average Bonchev–Trinajstić information content (AvgIpc) is 2.81. The van der Waals surface area contributed by atoms with E-state index in [1.165, 1.54) is 6.07 Å². The van der Waals surface area contributed by atoms with E-state index in [1.54, 1.807) is 0 Å². The van der Waals surface area contributed by atoms with E-state index in [0.717, 1.165) is 31.2 Å². The molecule has 39 heavy (non-hydrogen) atoms. The molecule has 0 amide bonds. The Balaban J connectivity index is 1.72. The maximum atomic E-state index is 14.9. The highest BCUT2D eigenvalue weighted by atomic mass is 19.4. The molecule has 0 N–H and O–H groups in total. The standard InChI is InChI=1S/C28H13F11/c1-12(29)27(36)14-3-5-17(20(31)7-14)13-2-4-18(19(30)6-13)15-8-21(32)25(22(33)9-15)16-10-23(34)26(24(35)11-16)28(37,38)39/h2-11H,1H3/b27-12+. The molecule has 0 aliphatic rings. The molecule has 4 aromatic rings. The Morgan fingerprint density at radius 1 is 0.538 bits per heavy atom. The summed E-state index contributed by atoms with van der Waals surface area (Å²) in [4.78, 5) is 0. The third-order valence-corrected chi connectivity index (χ3v) is 5.77. The minimum absolute atomic E-state index is 0.0464. The van der Waals surface area contributed by atoms with E-state index in [2.05, 4.69) is 0 Å². The van der Waals surface area contributed by atoms with Crippen molar-refractivity contribution in [2.75, 3.05) is 0 Å². The summed E-state index contributed by atoms with van der Waals surface area (Å²) in [6, 6.07) is 7.37. The normalized spacial score (nSPS) is 12.5. The highest BCUT2D eigenvalue weighted by molar-refractivity contribution is 5.75. The summed E-state index contributed by atoms with van der Waals surface area (Å²) < 4.78 is 152. The van der Waals surface area contributed by atoms with E-state index in [0.29, 0.717) is 18.2 Å². The molecule has 0 spiro atoms. The van der Waals surface area contributed by atoms with E-state index in [4.69, 9.17) is 0 Å². The molecule has 0 radical (unpaired) electrons. The molecule has 0 aliphatic carbocycles. The SMILES string of the molecule is C/C(F)=C(\F)c1ccc(-c2ccc(-c3cc(F)c(-c4cc(F)c(C(F)(F)F)c(F)c4)c(F)c3)c(F)c2)c(F)c1. The zero-order valence-electron chi connectivity index (χ0n) is 19.4. The lowest BCUT2D eigenvalue weighted by molar-refractivity contribution is -0.142. The highest BCUT2D eigenvalue weighted by Crippen LogP contribution is 2.39. The van der Waals surface area contributed by atoms with Gasteiger partial charge in [-0.2, -0.15) is 13.2 Å². The first-order valence-corrected chi connectivity index (χ1v) is 10.9. The van der Waals surface area contributed by atoms with Gasteiger partial charge in [0.2, 0.25) is 0 Å². The van der Waals surface area contributed by atoms with Crippen LogP contribution in [0.5, 0.6) is 0 Å². The molecule has 4 aromatic carbocycles. The monoisotopic (exact) mass is 558 g/mol. The van der Waals surface area contributed by atoms with Gasteiger partial charge in [-0.25, -0.2) is 35.1 Å². The van der Waals surface area contributed by atoms with Crippen LogP contribution in [0, 0.1) is 34.9 Å². The zero-order valence-corrected chi connectivity index (χ0v) is 19.4. The van der Waals surface area contributed by atoms with Crippen molar-refractivity contribution in [2.45, 2.75) is 13.1 Å². The Morgan fingerprint density at radius 3 is 1.49 bits per heavy atom. The molecule has 0 nitrogen and oxygen atoms in total. The minimum Gasteiger partial charge on any atom is -0.209 e. The lowest BCUT2D eigenvalue weighted by Crippen LogP contribution is -2.11. The number of hydrogen-bond acceptors (Lipinski definition) is 0. The fourth-order valence-corrected chi connectivity index (χ4v) is 3.99. The van der Waals surface area contributed by atoms with E-state index >= 15 is 0 Å². The smallest absolute Gasteiger partial charge is 0.209 e. The van der Waals surface area contributed by atoms with Crippen LogP contribution in [-0.4, -0.2) is 0 Å². The second-order valence-electron chi connectivity index (χ2n) is 8.36. The molecule has 11 heteroatoms. The van der Waals surface area contributed by atoms with Crippen LogP contribution in [0.2, 0.25) is 0 Å². The fourth-order valence-electron chi connectivity index (χ4n) is 3.99. The Bertz CT molecular complexity index is 1580. The van der Waals surface area contributed by atoms with Gasteiger partial charge in [0.15, 0.2) is 5.83 Å². The van der Waals surface area contributed by atoms with Gasteiger partial charge in [0, 0.05) is 16.7 Å². The molecule has 0 aliphatic heterocycles. The highest BCUT2D eigenvalue weighted by Gasteiger charge is 2.38. The van der Waals surface area contributed by atoms with Crippen molar-refractivity contribution < 1.29 is 48.3 Å². The van der Waals surface area contributed by atoms with Crippen molar-refractivity contribution in [2.24, 2.45) is 0 Å². The summed E-state index contributed by atoms with van der Waals surface area (Å²) >= 11 is 0. The van der Waals surface area contributed by atoms with Gasteiger partial charge >= 0.3 is 6.18 Å². The van der Waals surface area contributed by atoms with Crippen molar-refractivity contribution in [3.63, 3.8) is 0 Å². The predicted octanol–water partition coefficient (Wildman–Crippen LogP) is 10.2. The zero-order chi connectivity index (χ0) is 28.8. The summed E-state index contributed by atoms with van der Waals surface area (Å²) in [5, 5.41) is 0. The number of halogens is 11. The van der Waals surface area contributed by atoms with Crippen LogP contribution in [0.3, 0.4) is 0 Å². The van der Waals surface area contributed by atoms with E-state index < -0.39 is 69.4 Å². The van der Waals surface area contributed by atoms with Gasteiger partial charge in [-0.1, -0.05) is 24.3 Å². The van der Waals surface area contributed by atoms with E-state index in [1.807, 2.05) is 0 Å². The minimum atomic E-state index is -5.39. The largest absolute Gasteiger partial charge is 0.422 e. The molecular weight excluding hydrogens is 545 g/mol. The number of alkyl halides is 3. The van der Waals surface area contributed by atoms with Gasteiger partial charge in [0.25, 0.3) is 0 Å². The van der Waals surface area contributed by atoms with Crippen LogP contribution in [0.25, 0.3) is 39.2 Å². The van der Waals surface area contributed by atoms with Crippen LogP contribution >= 0.6 is 0 Å². The lowest BCUT2D eigenvalue weighted by Gasteiger charge is -2.13. The molecule has 0 saturated heterocycles. The van der Waals surface area contributed by atoms with E-state index in [-0.39, 0.29) is 39.9 Å². The van der Waals surface area contributed by atoms with Crippen LogP contribution < -0.4 is 0 Å². The molecular formula is C28H13F11. The Labute approximate surface area is 213 Å². The molecule has 202 valence electrons. The number of allylic oxidation sites excluding steroid dienone is 1. The topological polar surface area (TPSA) is 0 Å². The molecule has 0 saturated carbocycles. The molecule has 4 rings (SSSR count). The molecule has 0 bridgehead atoms. The summed E-state index contributed by atoms with van der Waals surface area (Å²) in [5.41, 5.74) is -5.50. The van der Waals surface area contributed by atoms with Crippen LogP contribution in [0.15, 0.2) is 66.5 Å². The third kappa shape index (κ3) is 5.39. The third-order valence-electron chi connectivity index (χ3n) is 5.77. The molecule has 0 atom stereocenters. The van der Waals surface area contributed by atoms with Gasteiger partial charge < -0.3 is 0 Å². The van der Waals surface area contributed by atoms with Gasteiger partial charge in [0.05, 0.1) is 5.56 Å². The summed E-state index contributed by atoms with van der Waals surface area (Å²) in [6.07, 6.45) is -5.39. The Hall–Kier alpha value is -4.15. The second-order valence-corrected chi connectivity index (χ2v) is 8.36. The summed E-state index contributed by atoms with van der Waals surface area (Å²) in [7, 11) is 0. The maximum absolute atomic E-state index is 14.9. The quantitative estimate of drug-likeness (QED) is 0.219. The number of hydrogen-bond donors (Lipinski definition) is 0. The van der Waals surface area contributed by atoms with E-state index in [9.17, 15) is 48.3 Å². The molecule has 0 fully saturated rings. The van der Waals surface area contributed by atoms with Crippen molar-refractivity contribution >= 4 is 5.83 Å². The maximum Gasteiger partial charge on any atom is 0.422 e. The first-order chi connectivity index (χ1) is 18.2. The van der Waals surface area contributed by atoms with Gasteiger partial charge in [-0.15, -0.1) is 0 Å². The Kier molecular flexibility index (Phi) is 7.29. The predicted molar refractivity (Wildman–Crippen MR) is 122 cm³/mol. The van der Waals surface area contributed by atoms with Crippen molar-refractivity contribution in [3.8, 4) is 33.4 Å². The van der Waals surface area contributed by atoms with Crippen LogP contribution in [0.1, 0.15) is 18.1 Å². The molecule has 0 unspecified atom stereocenters. The fraction of sp³-hybridized carbons (Fsp3) is 0.0714. The first-order valence-electron chi connectivity index (χ1n) is 10.9. The summed E-state index contributed by atoms with van der Waals surface area (Å²) in [5.74, 6) is -11.6. The van der Waals surface area contributed by atoms with Crippen molar-refractivity contribution in [1.29, 1.82) is 0 Å². The van der Waals surface area contributed by atoms with Gasteiger partial charge in [-0.3, -0.25) is 0 Å². The lowest BCUT2D eigenvalue weighted by atomic mass is 9.95. The first kappa shape index (κ1) is 27.9. The van der Waals surface area contributed by atoms with Crippen LogP contribution in [-0.2, 0) is 6.18 Å². The van der Waals surface area contributed by atoms with Gasteiger partial charge in [-0.05, 0) is 60.0 Å². The van der Waals surface area contributed by atoms with Gasteiger partial charge in [0.1, 0.15) is 46.3 Å². The average molecular weight is 558 g/mol. The summed E-state index contributed by atoms with van der Waals surface area (Å²) in [6.45, 7) is 0.841. The molecule has 0 heterocycles.